The van der Waals surface area contributed by atoms with Crippen molar-refractivity contribution >= 4 is 28.1 Å². The van der Waals surface area contributed by atoms with Gasteiger partial charge in [-0.25, -0.2) is 15.0 Å². The van der Waals surface area contributed by atoms with Crippen LogP contribution in [-0.4, -0.2) is 71.0 Å². The zero-order chi connectivity index (χ0) is 25.1. The highest BCUT2D eigenvalue weighted by Crippen LogP contribution is 2.34. The van der Waals surface area contributed by atoms with Crippen LogP contribution < -0.4 is 4.90 Å². The standard InChI is InChI=1S/C24H24N8O2.C2H6/c33-12-24(13-34)5-8-31(9-6-24)23-29-20(21-22(30-23)27-14-26-21)16-3-4-19-18(10-16)28-15-32(19)17-2-1-7-25-11-17;1-2/h1-4,7,10-11,14-15,33-34H,5-6,8-9,12-13H2,(H,26,27,29,30);1-2H3. The number of aromatic amines is 1. The van der Waals surface area contributed by atoms with Gasteiger partial charge in [0.1, 0.15) is 17.5 Å². The Balaban J connectivity index is 0.00000130. The van der Waals surface area contributed by atoms with E-state index in [-0.39, 0.29) is 13.2 Å². The van der Waals surface area contributed by atoms with Gasteiger partial charge >= 0.3 is 0 Å². The molecule has 5 heterocycles. The van der Waals surface area contributed by atoms with Crippen molar-refractivity contribution in [3.8, 4) is 16.9 Å². The van der Waals surface area contributed by atoms with Crippen molar-refractivity contribution in [2.45, 2.75) is 26.7 Å². The van der Waals surface area contributed by atoms with Gasteiger partial charge in [-0.05, 0) is 37.1 Å². The second-order valence-electron chi connectivity index (χ2n) is 8.81. The van der Waals surface area contributed by atoms with Crippen molar-refractivity contribution in [3.63, 3.8) is 0 Å². The van der Waals surface area contributed by atoms with E-state index in [0.717, 1.165) is 33.5 Å². The second kappa shape index (κ2) is 10.00. The maximum Gasteiger partial charge on any atom is 0.228 e. The molecule has 1 saturated heterocycles. The molecule has 0 bridgehead atoms. The number of anilines is 1. The second-order valence-corrected chi connectivity index (χ2v) is 8.81. The van der Waals surface area contributed by atoms with Crippen LogP contribution >= 0.6 is 0 Å². The van der Waals surface area contributed by atoms with E-state index in [1.807, 2.05) is 48.7 Å². The van der Waals surface area contributed by atoms with E-state index >= 15 is 0 Å². The zero-order valence-corrected chi connectivity index (χ0v) is 20.5. The third-order valence-electron chi connectivity index (χ3n) is 6.80. The van der Waals surface area contributed by atoms with Crippen LogP contribution in [0.5, 0.6) is 0 Å². The summed E-state index contributed by atoms with van der Waals surface area (Å²) in [6.45, 7) is 5.27. The lowest BCUT2D eigenvalue weighted by molar-refractivity contribution is 0.0338. The number of hydrogen-bond donors (Lipinski definition) is 3. The number of fused-ring (bicyclic) bond motifs is 2. The fourth-order valence-electron chi connectivity index (χ4n) is 4.58. The van der Waals surface area contributed by atoms with E-state index < -0.39 is 5.41 Å². The van der Waals surface area contributed by atoms with Crippen LogP contribution in [0, 0.1) is 5.41 Å². The minimum atomic E-state index is -0.437. The number of benzene rings is 1. The van der Waals surface area contributed by atoms with E-state index in [9.17, 15) is 10.2 Å². The summed E-state index contributed by atoms with van der Waals surface area (Å²) in [5.41, 5.74) is 5.39. The number of nitrogens with one attached hydrogen (secondary N) is 1. The maximum atomic E-state index is 9.73. The predicted octanol–water partition coefficient (Wildman–Crippen LogP) is 3.35. The SMILES string of the molecule is CC.OCC1(CO)CCN(c2nc(-c3ccc4c(c3)ncn4-c3cccnc3)c3[nH]cnc3n2)CC1. The molecule has 0 atom stereocenters. The smallest absolute Gasteiger partial charge is 0.228 e. The first-order chi connectivity index (χ1) is 17.7. The van der Waals surface area contributed by atoms with Gasteiger partial charge in [-0.3, -0.25) is 9.55 Å². The van der Waals surface area contributed by atoms with Crippen LogP contribution in [0.25, 0.3) is 39.1 Å². The van der Waals surface area contributed by atoms with Crippen LogP contribution in [0.15, 0.2) is 55.4 Å². The van der Waals surface area contributed by atoms with Crippen molar-refractivity contribution in [3.05, 3.63) is 55.4 Å². The predicted molar refractivity (Wildman–Crippen MR) is 139 cm³/mol. The first-order valence-electron chi connectivity index (χ1n) is 12.3. The lowest BCUT2D eigenvalue weighted by Crippen LogP contribution is -2.44. The number of imidazole rings is 2. The monoisotopic (exact) mass is 486 g/mol. The van der Waals surface area contributed by atoms with Gasteiger partial charge in [0.15, 0.2) is 5.65 Å². The van der Waals surface area contributed by atoms with Crippen molar-refractivity contribution in [1.82, 2.24) is 34.5 Å². The zero-order valence-electron chi connectivity index (χ0n) is 20.5. The van der Waals surface area contributed by atoms with Gasteiger partial charge in [-0.1, -0.05) is 19.9 Å². The summed E-state index contributed by atoms with van der Waals surface area (Å²) in [5, 5.41) is 19.5. The number of piperidine rings is 1. The van der Waals surface area contributed by atoms with Gasteiger partial charge in [0.2, 0.25) is 5.95 Å². The Hall–Kier alpha value is -3.89. The molecular formula is C26H30N8O2. The van der Waals surface area contributed by atoms with Crippen molar-refractivity contribution in [2.24, 2.45) is 5.41 Å². The van der Waals surface area contributed by atoms with E-state index in [1.54, 1.807) is 25.0 Å². The van der Waals surface area contributed by atoms with E-state index in [1.165, 1.54) is 0 Å². The number of aliphatic hydroxyl groups excluding tert-OH is 2. The topological polar surface area (TPSA) is 129 Å². The first-order valence-corrected chi connectivity index (χ1v) is 12.3. The largest absolute Gasteiger partial charge is 0.396 e. The van der Waals surface area contributed by atoms with Crippen molar-refractivity contribution < 1.29 is 10.2 Å². The molecule has 4 aromatic heterocycles. The highest BCUT2D eigenvalue weighted by molar-refractivity contribution is 5.91. The van der Waals surface area contributed by atoms with Crippen LogP contribution in [-0.2, 0) is 0 Å². The Morgan fingerprint density at radius 3 is 2.56 bits per heavy atom. The molecule has 0 unspecified atom stereocenters. The molecule has 186 valence electrons. The maximum absolute atomic E-state index is 9.73. The Bertz CT molecular complexity index is 1450. The van der Waals surface area contributed by atoms with Gasteiger partial charge in [0.25, 0.3) is 0 Å². The number of H-pyrrole nitrogens is 1. The molecule has 3 N–H and O–H groups in total. The highest BCUT2D eigenvalue weighted by atomic mass is 16.3. The van der Waals surface area contributed by atoms with E-state index in [2.05, 4.69) is 29.8 Å². The molecule has 10 heteroatoms. The fraction of sp³-hybridized carbons (Fsp3) is 0.346. The van der Waals surface area contributed by atoms with Gasteiger partial charge < -0.3 is 20.1 Å². The Morgan fingerprint density at radius 2 is 1.83 bits per heavy atom. The molecule has 0 radical (unpaired) electrons. The van der Waals surface area contributed by atoms with Crippen LogP contribution in [0.2, 0.25) is 0 Å². The summed E-state index contributed by atoms with van der Waals surface area (Å²) in [6, 6.07) is 9.98. The van der Waals surface area contributed by atoms with Crippen LogP contribution in [0.4, 0.5) is 5.95 Å². The third kappa shape index (κ3) is 4.18. The van der Waals surface area contributed by atoms with Crippen molar-refractivity contribution in [1.29, 1.82) is 0 Å². The first kappa shape index (κ1) is 23.8. The molecule has 1 aromatic carbocycles. The Kier molecular flexibility index (Phi) is 6.62. The number of pyridine rings is 1. The molecule has 0 spiro atoms. The van der Waals surface area contributed by atoms with Crippen molar-refractivity contribution in [2.75, 3.05) is 31.2 Å². The summed E-state index contributed by atoms with van der Waals surface area (Å²) in [6.07, 6.45) is 8.33. The molecule has 5 aromatic rings. The summed E-state index contributed by atoms with van der Waals surface area (Å²) in [5.74, 6) is 0.597. The summed E-state index contributed by atoms with van der Waals surface area (Å²) in [7, 11) is 0. The Morgan fingerprint density at radius 1 is 1.03 bits per heavy atom. The normalized spacial score (nSPS) is 15.2. The van der Waals surface area contributed by atoms with E-state index in [0.29, 0.717) is 37.5 Å². The number of aliphatic hydroxyl groups is 2. The molecule has 0 saturated carbocycles. The average molecular weight is 487 g/mol. The molecule has 36 heavy (non-hydrogen) atoms. The highest BCUT2D eigenvalue weighted by Gasteiger charge is 2.34. The number of nitrogens with zero attached hydrogens (tertiary/aromatic N) is 7. The molecule has 1 aliphatic heterocycles. The van der Waals surface area contributed by atoms with Gasteiger partial charge in [-0.2, -0.15) is 4.98 Å². The lowest BCUT2D eigenvalue weighted by atomic mass is 9.80. The molecule has 1 aliphatic rings. The minimum Gasteiger partial charge on any atom is -0.396 e. The van der Waals surface area contributed by atoms with Crippen LogP contribution in [0.1, 0.15) is 26.7 Å². The summed E-state index contributed by atoms with van der Waals surface area (Å²) < 4.78 is 2.01. The fourth-order valence-corrected chi connectivity index (χ4v) is 4.58. The summed E-state index contributed by atoms with van der Waals surface area (Å²) >= 11 is 0. The number of rotatable bonds is 5. The molecule has 0 amide bonds. The van der Waals surface area contributed by atoms with Crippen LogP contribution in [0.3, 0.4) is 0 Å². The number of hydrogen-bond acceptors (Lipinski definition) is 8. The quantitative estimate of drug-likeness (QED) is 0.345. The molecule has 10 nitrogen and oxygen atoms in total. The Labute approximate surface area is 208 Å². The average Bonchev–Trinajstić information content (AvgIpc) is 3.61. The lowest BCUT2D eigenvalue weighted by Gasteiger charge is -2.39. The number of aromatic nitrogens is 7. The molecule has 6 rings (SSSR count). The van der Waals surface area contributed by atoms with Gasteiger partial charge in [-0.15, -0.1) is 0 Å². The third-order valence-corrected chi connectivity index (χ3v) is 6.80. The van der Waals surface area contributed by atoms with Gasteiger partial charge in [0, 0.05) is 30.3 Å². The molecular weight excluding hydrogens is 456 g/mol. The molecule has 1 fully saturated rings. The van der Waals surface area contributed by atoms with E-state index in [4.69, 9.17) is 4.98 Å². The van der Waals surface area contributed by atoms with Gasteiger partial charge in [0.05, 0.1) is 42.5 Å². The summed E-state index contributed by atoms with van der Waals surface area (Å²) in [4.78, 5) is 28.0. The molecule has 0 aliphatic carbocycles. The minimum absolute atomic E-state index is 0.0203.